The summed E-state index contributed by atoms with van der Waals surface area (Å²) < 4.78 is 14.4. The van der Waals surface area contributed by atoms with Gasteiger partial charge >= 0.3 is 0 Å². The largest absolute Gasteiger partial charge is 0.355 e. The molecule has 1 spiro atoms. The molecule has 1 aliphatic carbocycles. The third kappa shape index (κ3) is 4.43. The maximum Gasteiger partial charge on any atom is 0.201 e. The fourth-order valence-electron chi connectivity index (χ4n) is 7.28. The SMILES string of the molecule is C[C@H]1[C@H](N2CCN(C(=S)SCc3ccc(Cl)cc3)CC2)O[C@@H]2O[C@@]3(C)CC[C@H]4[C@H](C)CC[C@@H]1[C@@]24OO3. The van der Waals surface area contributed by atoms with Crippen LogP contribution in [0.15, 0.2) is 24.3 Å². The lowest BCUT2D eigenvalue weighted by Crippen LogP contribution is -2.72. The van der Waals surface area contributed by atoms with Crippen LogP contribution in [0.4, 0.5) is 0 Å². The second-order valence-electron chi connectivity index (χ2n) is 11.5. The zero-order valence-electron chi connectivity index (χ0n) is 21.4. The number of fused-ring (bicyclic) bond motifs is 2. The number of thioether (sulfide) groups is 1. The molecule has 6 aliphatic rings. The number of hydrogen-bond donors (Lipinski definition) is 0. The molecular weight excluding hydrogens is 516 g/mol. The van der Waals surface area contributed by atoms with E-state index in [9.17, 15) is 0 Å². The number of nitrogens with zero attached hydrogens (tertiary/aromatic N) is 2. The summed E-state index contributed by atoms with van der Waals surface area (Å²) in [5.74, 6) is 1.82. The number of benzene rings is 1. The van der Waals surface area contributed by atoms with Gasteiger partial charge in [-0.2, -0.15) is 0 Å². The van der Waals surface area contributed by atoms with Crippen molar-refractivity contribution < 1.29 is 19.2 Å². The Kier molecular flexibility index (Phi) is 7.13. The van der Waals surface area contributed by atoms with E-state index in [1.807, 2.05) is 19.1 Å². The maximum absolute atomic E-state index is 6.84. The summed E-state index contributed by atoms with van der Waals surface area (Å²) in [6.45, 7) is 10.4. The van der Waals surface area contributed by atoms with E-state index in [-0.39, 0.29) is 12.5 Å². The molecule has 6 fully saturated rings. The van der Waals surface area contributed by atoms with E-state index in [0.717, 1.165) is 60.5 Å². The van der Waals surface area contributed by atoms with Crippen molar-refractivity contribution in [3.63, 3.8) is 0 Å². The normalized spacial score (nSPS) is 42.6. The molecule has 0 radical (unpaired) electrons. The van der Waals surface area contributed by atoms with Crippen LogP contribution >= 0.6 is 35.6 Å². The molecule has 5 heterocycles. The van der Waals surface area contributed by atoms with Gasteiger partial charge in [-0.1, -0.05) is 61.6 Å². The first-order valence-corrected chi connectivity index (χ1v) is 15.2. The number of rotatable bonds is 3. The average molecular weight is 553 g/mol. The van der Waals surface area contributed by atoms with Crippen LogP contribution < -0.4 is 0 Å². The first-order chi connectivity index (χ1) is 17.3. The minimum Gasteiger partial charge on any atom is -0.355 e. The van der Waals surface area contributed by atoms with Crippen molar-refractivity contribution in [2.45, 2.75) is 76.1 Å². The molecule has 1 aromatic carbocycles. The Balaban J connectivity index is 1.11. The number of thiocarbonyl (C=S) groups is 1. The molecule has 7 rings (SSSR count). The summed E-state index contributed by atoms with van der Waals surface area (Å²) in [5, 5.41) is 0.765. The average Bonchev–Trinajstić information content (AvgIpc) is 3.11. The lowest BCUT2D eigenvalue weighted by atomic mass is 9.58. The van der Waals surface area contributed by atoms with Crippen molar-refractivity contribution in [2.24, 2.45) is 23.7 Å². The molecule has 0 N–H and O–H groups in total. The van der Waals surface area contributed by atoms with Crippen LogP contribution in [0.1, 0.15) is 52.0 Å². The van der Waals surface area contributed by atoms with Crippen LogP contribution in [0.5, 0.6) is 0 Å². The van der Waals surface area contributed by atoms with Gasteiger partial charge in [-0.05, 0) is 55.7 Å². The predicted molar refractivity (Wildman–Crippen MR) is 145 cm³/mol. The Bertz CT molecular complexity index is 977. The molecule has 8 atom stereocenters. The van der Waals surface area contributed by atoms with E-state index in [1.54, 1.807) is 11.8 Å². The number of piperazine rings is 1. The van der Waals surface area contributed by atoms with Gasteiger partial charge < -0.3 is 14.4 Å². The number of ether oxygens (including phenoxy) is 2. The van der Waals surface area contributed by atoms with Crippen molar-refractivity contribution in [3.05, 3.63) is 34.9 Å². The van der Waals surface area contributed by atoms with Gasteiger partial charge in [0.1, 0.15) is 10.5 Å². The van der Waals surface area contributed by atoms with Crippen molar-refractivity contribution >= 4 is 39.9 Å². The molecule has 5 aliphatic heterocycles. The summed E-state index contributed by atoms with van der Waals surface area (Å²) in [5.41, 5.74) is 0.743. The minimum atomic E-state index is -0.727. The summed E-state index contributed by atoms with van der Waals surface area (Å²) in [4.78, 5) is 17.1. The van der Waals surface area contributed by atoms with Crippen LogP contribution in [0.3, 0.4) is 0 Å². The van der Waals surface area contributed by atoms with Gasteiger partial charge in [0, 0.05) is 55.2 Å². The lowest BCUT2D eigenvalue weighted by molar-refractivity contribution is -0.574. The molecule has 198 valence electrons. The van der Waals surface area contributed by atoms with Crippen molar-refractivity contribution in [1.82, 2.24) is 9.80 Å². The van der Waals surface area contributed by atoms with E-state index < -0.39 is 11.4 Å². The molecule has 0 aromatic heterocycles. The molecular formula is C27H37ClN2O4S2. The molecule has 1 saturated carbocycles. The van der Waals surface area contributed by atoms with E-state index in [4.69, 9.17) is 43.1 Å². The van der Waals surface area contributed by atoms with E-state index in [2.05, 4.69) is 35.8 Å². The standard InChI is InChI=1S/C27H37ClN2O4S2/c1-17-4-9-22-18(2)23(31-24-27(22)21(17)10-11-26(3,32-24)33-34-27)29-12-14-30(15-13-29)25(35)36-16-19-5-7-20(28)8-6-19/h5-8,17-18,21-24H,4,9-16H2,1-3H3/t17-,18-,21+,22+,23-,24-,26-,27-/m1/s1. The molecule has 6 nitrogen and oxygen atoms in total. The topological polar surface area (TPSA) is 43.4 Å². The van der Waals surface area contributed by atoms with Crippen LogP contribution in [0, 0.1) is 23.7 Å². The predicted octanol–water partition coefficient (Wildman–Crippen LogP) is 5.68. The quantitative estimate of drug-likeness (QED) is 0.350. The van der Waals surface area contributed by atoms with Gasteiger partial charge in [0.25, 0.3) is 0 Å². The van der Waals surface area contributed by atoms with Crippen LogP contribution in [0.2, 0.25) is 5.02 Å². The van der Waals surface area contributed by atoms with Crippen LogP contribution in [-0.4, -0.2) is 64.2 Å². The van der Waals surface area contributed by atoms with E-state index in [0.29, 0.717) is 23.7 Å². The van der Waals surface area contributed by atoms with Crippen molar-refractivity contribution in [3.8, 4) is 0 Å². The zero-order valence-corrected chi connectivity index (χ0v) is 23.7. The highest BCUT2D eigenvalue weighted by Gasteiger charge is 2.69. The summed E-state index contributed by atoms with van der Waals surface area (Å²) in [6, 6.07) is 8.01. The lowest BCUT2D eigenvalue weighted by Gasteiger charge is -2.61. The van der Waals surface area contributed by atoms with Crippen LogP contribution in [0.25, 0.3) is 0 Å². The highest BCUT2D eigenvalue weighted by molar-refractivity contribution is 8.22. The fraction of sp³-hybridized carbons (Fsp3) is 0.741. The molecule has 1 aromatic rings. The smallest absolute Gasteiger partial charge is 0.201 e. The fourth-order valence-corrected chi connectivity index (χ4v) is 8.61. The van der Waals surface area contributed by atoms with Crippen molar-refractivity contribution in [1.29, 1.82) is 0 Å². The van der Waals surface area contributed by atoms with Gasteiger partial charge in [0.15, 0.2) is 11.9 Å². The molecule has 0 unspecified atom stereocenters. The third-order valence-electron chi connectivity index (χ3n) is 9.33. The first kappa shape index (κ1) is 25.8. The maximum atomic E-state index is 6.84. The Morgan fingerprint density at radius 1 is 1.06 bits per heavy atom. The summed E-state index contributed by atoms with van der Waals surface area (Å²) in [6.07, 6.45) is 3.90. The number of halogens is 1. The molecule has 5 saturated heterocycles. The Morgan fingerprint density at radius 3 is 2.56 bits per heavy atom. The summed E-state index contributed by atoms with van der Waals surface area (Å²) >= 11 is 13.5. The molecule has 2 bridgehead atoms. The van der Waals surface area contributed by atoms with Gasteiger partial charge in [0.2, 0.25) is 5.79 Å². The second-order valence-corrected chi connectivity index (χ2v) is 13.5. The van der Waals surface area contributed by atoms with Gasteiger partial charge in [-0.3, -0.25) is 4.90 Å². The number of hydrogen-bond acceptors (Lipinski definition) is 7. The highest BCUT2D eigenvalue weighted by Crippen LogP contribution is 2.60. The second kappa shape index (κ2) is 9.94. The Labute approximate surface area is 229 Å². The monoisotopic (exact) mass is 552 g/mol. The van der Waals surface area contributed by atoms with Crippen LogP contribution in [-0.2, 0) is 25.0 Å². The Hall–Kier alpha value is -0.450. The van der Waals surface area contributed by atoms with Gasteiger partial charge in [0.05, 0.1) is 0 Å². The van der Waals surface area contributed by atoms with Crippen molar-refractivity contribution in [2.75, 3.05) is 26.2 Å². The molecule has 36 heavy (non-hydrogen) atoms. The molecule has 9 heteroatoms. The Morgan fingerprint density at radius 2 is 1.81 bits per heavy atom. The van der Waals surface area contributed by atoms with Gasteiger partial charge in [-0.15, -0.1) is 0 Å². The summed E-state index contributed by atoms with van der Waals surface area (Å²) in [7, 11) is 0. The van der Waals surface area contributed by atoms with E-state index in [1.165, 1.54) is 12.0 Å². The first-order valence-electron chi connectivity index (χ1n) is 13.4. The third-order valence-corrected chi connectivity index (χ3v) is 11.2. The highest BCUT2D eigenvalue weighted by atomic mass is 35.5. The van der Waals surface area contributed by atoms with E-state index >= 15 is 0 Å². The zero-order chi connectivity index (χ0) is 25.1. The van der Waals surface area contributed by atoms with Gasteiger partial charge in [-0.25, -0.2) is 9.78 Å². The minimum absolute atomic E-state index is 0.0173. The molecule has 0 amide bonds.